The Hall–Kier alpha value is -2.23. The summed E-state index contributed by atoms with van der Waals surface area (Å²) in [6, 6.07) is 9.57. The molecule has 0 unspecified atom stereocenters. The predicted octanol–water partition coefficient (Wildman–Crippen LogP) is 3.98. The van der Waals surface area contributed by atoms with Gasteiger partial charge in [-0.2, -0.15) is 13.1 Å². The Morgan fingerprint density at radius 1 is 1.14 bits per heavy atom. The monoisotopic (exact) mass is 430 g/mol. The fourth-order valence-electron chi connectivity index (χ4n) is 2.87. The van der Waals surface area contributed by atoms with Crippen LogP contribution in [0, 0.1) is 0 Å². The number of nitrogens with one attached hydrogen (secondary N) is 1. The molecule has 1 heterocycles. The van der Waals surface area contributed by atoms with Gasteiger partial charge >= 0.3 is 6.61 Å². The lowest BCUT2D eigenvalue weighted by Gasteiger charge is -2.17. The molecule has 150 valence electrons. The Morgan fingerprint density at radius 2 is 1.82 bits per heavy atom. The van der Waals surface area contributed by atoms with Crippen molar-refractivity contribution >= 4 is 33.2 Å². The van der Waals surface area contributed by atoms with E-state index in [1.165, 1.54) is 40.7 Å². The van der Waals surface area contributed by atoms with Crippen molar-refractivity contribution in [3.05, 3.63) is 53.1 Å². The molecule has 0 bridgehead atoms. The van der Waals surface area contributed by atoms with Crippen molar-refractivity contribution in [1.29, 1.82) is 0 Å². The standard InChI is InChI=1S/C18H17ClF2N2O4S/c19-13-8-7-12(11-16(13)28(25,26)23-9-3-4-10-23)17(24)22-14-5-1-2-6-15(14)27-18(20)21/h1-2,5-8,11,18H,3-4,9-10H2,(H,22,24). The summed E-state index contributed by atoms with van der Waals surface area (Å²) in [5, 5.41) is 2.46. The van der Waals surface area contributed by atoms with Crippen molar-refractivity contribution in [3.63, 3.8) is 0 Å². The molecule has 1 saturated heterocycles. The zero-order valence-electron chi connectivity index (χ0n) is 14.6. The molecule has 0 radical (unpaired) electrons. The third-order valence-corrected chi connectivity index (χ3v) is 6.61. The summed E-state index contributed by atoms with van der Waals surface area (Å²) in [5.74, 6) is -0.885. The van der Waals surface area contributed by atoms with Crippen molar-refractivity contribution in [2.75, 3.05) is 18.4 Å². The first-order chi connectivity index (χ1) is 13.3. The molecular formula is C18H17ClF2N2O4S. The molecule has 1 aliphatic heterocycles. The normalized spacial score (nSPS) is 15.0. The second kappa shape index (κ2) is 8.42. The van der Waals surface area contributed by atoms with Gasteiger partial charge in [0.2, 0.25) is 10.0 Å². The van der Waals surface area contributed by atoms with Crippen LogP contribution < -0.4 is 10.1 Å². The van der Waals surface area contributed by atoms with Crippen LogP contribution in [0.15, 0.2) is 47.4 Å². The van der Waals surface area contributed by atoms with Gasteiger partial charge in [-0.3, -0.25) is 4.79 Å². The largest absolute Gasteiger partial charge is 0.433 e. The van der Waals surface area contributed by atoms with Gasteiger partial charge in [-0.25, -0.2) is 8.42 Å². The van der Waals surface area contributed by atoms with Gasteiger partial charge in [0.1, 0.15) is 10.6 Å². The third kappa shape index (κ3) is 4.43. The molecule has 1 fully saturated rings. The summed E-state index contributed by atoms with van der Waals surface area (Å²) < 4.78 is 56.3. The van der Waals surface area contributed by atoms with E-state index in [4.69, 9.17) is 11.6 Å². The van der Waals surface area contributed by atoms with Gasteiger partial charge in [0.25, 0.3) is 5.91 Å². The van der Waals surface area contributed by atoms with Gasteiger partial charge in [-0.15, -0.1) is 0 Å². The molecule has 3 rings (SSSR count). The first kappa shape index (κ1) is 20.5. The highest BCUT2D eigenvalue weighted by atomic mass is 35.5. The van der Waals surface area contributed by atoms with E-state index in [1.54, 1.807) is 6.07 Å². The number of ether oxygens (including phenoxy) is 1. The van der Waals surface area contributed by atoms with Crippen LogP contribution in [0.3, 0.4) is 0 Å². The maximum absolute atomic E-state index is 12.8. The van der Waals surface area contributed by atoms with Gasteiger partial charge < -0.3 is 10.1 Å². The molecule has 28 heavy (non-hydrogen) atoms. The minimum atomic E-state index is -3.82. The number of hydrogen-bond donors (Lipinski definition) is 1. The summed E-state index contributed by atoms with van der Waals surface area (Å²) in [6.45, 7) is -2.26. The molecule has 1 aliphatic rings. The lowest BCUT2D eigenvalue weighted by molar-refractivity contribution is -0.0493. The van der Waals surface area contributed by atoms with Crippen molar-refractivity contribution in [2.45, 2.75) is 24.3 Å². The highest BCUT2D eigenvalue weighted by molar-refractivity contribution is 7.89. The average molecular weight is 431 g/mol. The van der Waals surface area contributed by atoms with E-state index < -0.39 is 22.5 Å². The molecular weight excluding hydrogens is 414 g/mol. The van der Waals surface area contributed by atoms with E-state index >= 15 is 0 Å². The van der Waals surface area contributed by atoms with Crippen LogP contribution in [0.5, 0.6) is 5.75 Å². The number of carbonyl (C=O) groups is 1. The van der Waals surface area contributed by atoms with E-state index in [2.05, 4.69) is 10.1 Å². The number of para-hydroxylation sites is 2. The van der Waals surface area contributed by atoms with Gasteiger partial charge in [0.15, 0.2) is 0 Å². The van der Waals surface area contributed by atoms with Gasteiger partial charge in [0.05, 0.1) is 10.7 Å². The fraction of sp³-hybridized carbons (Fsp3) is 0.278. The Morgan fingerprint density at radius 3 is 2.50 bits per heavy atom. The maximum atomic E-state index is 12.8. The lowest BCUT2D eigenvalue weighted by atomic mass is 10.2. The highest BCUT2D eigenvalue weighted by Crippen LogP contribution is 2.30. The van der Waals surface area contributed by atoms with Crippen LogP contribution in [-0.2, 0) is 10.0 Å². The molecule has 0 saturated carbocycles. The number of carbonyl (C=O) groups excluding carboxylic acids is 1. The summed E-state index contributed by atoms with van der Waals surface area (Å²) in [6.07, 6.45) is 1.52. The third-order valence-electron chi connectivity index (χ3n) is 4.23. The van der Waals surface area contributed by atoms with E-state index in [0.29, 0.717) is 13.1 Å². The van der Waals surface area contributed by atoms with E-state index in [9.17, 15) is 22.0 Å². The molecule has 0 aromatic heterocycles. The number of rotatable bonds is 6. The van der Waals surface area contributed by atoms with Crippen LogP contribution in [0.2, 0.25) is 5.02 Å². The molecule has 6 nitrogen and oxygen atoms in total. The lowest BCUT2D eigenvalue weighted by Crippen LogP contribution is -2.28. The van der Waals surface area contributed by atoms with Gasteiger partial charge in [0, 0.05) is 18.7 Å². The SMILES string of the molecule is O=C(Nc1ccccc1OC(F)F)c1ccc(Cl)c(S(=O)(=O)N2CCCC2)c1. The molecule has 2 aromatic carbocycles. The number of amides is 1. The highest BCUT2D eigenvalue weighted by Gasteiger charge is 2.29. The molecule has 1 N–H and O–H groups in total. The number of nitrogens with zero attached hydrogens (tertiary/aromatic N) is 1. The van der Waals surface area contributed by atoms with Gasteiger partial charge in [-0.05, 0) is 43.2 Å². The molecule has 0 atom stereocenters. The first-order valence-electron chi connectivity index (χ1n) is 8.44. The number of halogens is 3. The fourth-order valence-corrected chi connectivity index (χ4v) is 4.89. The summed E-state index contributed by atoms with van der Waals surface area (Å²) >= 11 is 6.07. The number of anilines is 1. The Kier molecular flexibility index (Phi) is 6.17. The zero-order chi connectivity index (χ0) is 20.3. The number of benzene rings is 2. The molecule has 2 aromatic rings. The van der Waals surface area contributed by atoms with E-state index in [0.717, 1.165) is 12.8 Å². The molecule has 0 aliphatic carbocycles. The summed E-state index contributed by atoms with van der Waals surface area (Å²) in [5.41, 5.74) is 0.0562. The number of sulfonamides is 1. The van der Waals surface area contributed by atoms with Crippen LogP contribution in [-0.4, -0.2) is 38.3 Å². The number of hydrogen-bond acceptors (Lipinski definition) is 4. The zero-order valence-corrected chi connectivity index (χ0v) is 16.1. The molecule has 1 amide bonds. The Balaban J connectivity index is 1.88. The minimum absolute atomic E-state index is 0.00452. The van der Waals surface area contributed by atoms with Crippen LogP contribution >= 0.6 is 11.6 Å². The van der Waals surface area contributed by atoms with Crippen molar-refractivity contribution in [3.8, 4) is 5.75 Å². The van der Waals surface area contributed by atoms with Crippen molar-refractivity contribution in [2.24, 2.45) is 0 Å². The van der Waals surface area contributed by atoms with Crippen LogP contribution in [0.4, 0.5) is 14.5 Å². The topological polar surface area (TPSA) is 75.7 Å². The van der Waals surface area contributed by atoms with Crippen LogP contribution in [0.1, 0.15) is 23.2 Å². The Bertz CT molecular complexity index is 979. The van der Waals surface area contributed by atoms with Crippen molar-refractivity contribution in [1.82, 2.24) is 4.31 Å². The first-order valence-corrected chi connectivity index (χ1v) is 10.3. The second-order valence-corrected chi connectivity index (χ2v) is 8.40. The summed E-state index contributed by atoms with van der Waals surface area (Å²) in [7, 11) is -3.82. The van der Waals surface area contributed by atoms with E-state index in [-0.39, 0.29) is 26.9 Å². The number of alkyl halides is 2. The Labute approximate surface area is 166 Å². The van der Waals surface area contributed by atoms with Crippen LogP contribution in [0.25, 0.3) is 0 Å². The maximum Gasteiger partial charge on any atom is 0.387 e. The van der Waals surface area contributed by atoms with E-state index in [1.807, 2.05) is 0 Å². The molecule has 0 spiro atoms. The van der Waals surface area contributed by atoms with Gasteiger partial charge in [-0.1, -0.05) is 23.7 Å². The predicted molar refractivity (Wildman–Crippen MR) is 100 cm³/mol. The molecule has 10 heteroatoms. The second-order valence-electron chi connectivity index (χ2n) is 6.09. The smallest absolute Gasteiger partial charge is 0.387 e. The van der Waals surface area contributed by atoms with Crippen molar-refractivity contribution < 1.29 is 26.7 Å². The summed E-state index contributed by atoms with van der Waals surface area (Å²) in [4.78, 5) is 12.4. The minimum Gasteiger partial charge on any atom is -0.433 e. The average Bonchev–Trinajstić information content (AvgIpc) is 3.18. The quantitative estimate of drug-likeness (QED) is 0.752.